The summed E-state index contributed by atoms with van der Waals surface area (Å²) in [6.07, 6.45) is 1.51. The highest BCUT2D eigenvalue weighted by atomic mass is 31.2. The smallest absolute Gasteiger partial charge is 0.359 e. The first-order valence-electron chi connectivity index (χ1n) is 6.70. The molecule has 1 heterocycles. The second kappa shape index (κ2) is 7.01. The molecule has 0 fully saturated rings. The van der Waals surface area contributed by atoms with Gasteiger partial charge in [0.2, 0.25) is 0 Å². The second-order valence-electron chi connectivity index (χ2n) is 4.65. The first kappa shape index (κ1) is 16.6. The van der Waals surface area contributed by atoms with E-state index in [2.05, 4.69) is 5.32 Å². The number of anilines is 1. The van der Waals surface area contributed by atoms with E-state index in [1.165, 1.54) is 20.5 Å². The van der Waals surface area contributed by atoms with Crippen molar-refractivity contribution in [1.29, 1.82) is 0 Å². The molecular formula is C15H20NO5P. The quantitative estimate of drug-likeness (QED) is 0.770. The third kappa shape index (κ3) is 3.35. The summed E-state index contributed by atoms with van der Waals surface area (Å²) in [4.78, 5) is 0. The summed E-state index contributed by atoms with van der Waals surface area (Å²) in [6, 6.07) is 9.00. The fourth-order valence-electron chi connectivity index (χ4n) is 2.16. The molecule has 7 heteroatoms. The number of benzene rings is 1. The maximum atomic E-state index is 12.8. The number of ether oxygens (including phenoxy) is 1. The van der Waals surface area contributed by atoms with Crippen molar-refractivity contribution in [3.8, 4) is 5.75 Å². The number of rotatable bonds is 7. The molecule has 0 bridgehead atoms. The highest BCUT2D eigenvalue weighted by Gasteiger charge is 2.37. The van der Waals surface area contributed by atoms with E-state index in [1.807, 2.05) is 25.1 Å². The minimum atomic E-state index is -3.42. The summed E-state index contributed by atoms with van der Waals surface area (Å²) >= 11 is 0. The van der Waals surface area contributed by atoms with Crippen molar-refractivity contribution >= 4 is 13.3 Å². The molecule has 2 rings (SSSR count). The van der Waals surface area contributed by atoms with Gasteiger partial charge in [-0.05, 0) is 42.8 Å². The highest BCUT2D eigenvalue weighted by Crippen LogP contribution is 2.59. The summed E-state index contributed by atoms with van der Waals surface area (Å²) in [6.45, 7) is 1.93. The van der Waals surface area contributed by atoms with Gasteiger partial charge in [0, 0.05) is 19.9 Å². The molecule has 120 valence electrons. The van der Waals surface area contributed by atoms with E-state index < -0.39 is 13.4 Å². The number of hydrogen-bond donors (Lipinski definition) is 1. The maximum Gasteiger partial charge on any atom is 0.359 e. The zero-order valence-electron chi connectivity index (χ0n) is 13.0. The molecule has 0 spiro atoms. The Morgan fingerprint density at radius 1 is 1.18 bits per heavy atom. The second-order valence-corrected chi connectivity index (χ2v) is 6.98. The van der Waals surface area contributed by atoms with Gasteiger partial charge in [0.15, 0.2) is 5.78 Å². The van der Waals surface area contributed by atoms with Crippen LogP contribution in [0.5, 0.6) is 5.75 Å². The van der Waals surface area contributed by atoms with Crippen LogP contribution in [-0.4, -0.2) is 21.3 Å². The van der Waals surface area contributed by atoms with Gasteiger partial charge in [-0.2, -0.15) is 0 Å². The fraction of sp³-hybridized carbons (Fsp3) is 0.333. The Hall–Kier alpha value is -1.75. The molecule has 0 aliphatic rings. The molecule has 0 aliphatic heterocycles. The monoisotopic (exact) mass is 325 g/mol. The Bertz CT molecular complexity index is 648. The van der Waals surface area contributed by atoms with Crippen LogP contribution in [0.4, 0.5) is 5.69 Å². The van der Waals surface area contributed by atoms with Crippen molar-refractivity contribution in [2.45, 2.75) is 12.7 Å². The lowest BCUT2D eigenvalue weighted by Crippen LogP contribution is -2.13. The average Bonchev–Trinajstić information content (AvgIpc) is 3.06. The van der Waals surface area contributed by atoms with Crippen molar-refractivity contribution in [3.05, 3.63) is 47.9 Å². The van der Waals surface area contributed by atoms with Crippen LogP contribution >= 0.6 is 7.60 Å². The SMILES string of the molecule is COc1ccc(NC(c2ccco2)P(=O)(OC)OC)cc1C. The summed E-state index contributed by atoms with van der Waals surface area (Å²) in [5.41, 5.74) is 1.71. The third-order valence-electron chi connectivity index (χ3n) is 3.34. The molecule has 1 unspecified atom stereocenters. The van der Waals surface area contributed by atoms with Gasteiger partial charge in [-0.25, -0.2) is 0 Å². The first-order chi connectivity index (χ1) is 10.5. The average molecular weight is 325 g/mol. The summed E-state index contributed by atoms with van der Waals surface area (Å²) in [7, 11) is 0.897. The summed E-state index contributed by atoms with van der Waals surface area (Å²) in [5.74, 6) is 0.507. The minimum absolute atomic E-state index is 0.473. The molecule has 1 atom stereocenters. The van der Waals surface area contributed by atoms with Gasteiger partial charge < -0.3 is 23.5 Å². The van der Waals surface area contributed by atoms with E-state index in [1.54, 1.807) is 19.2 Å². The first-order valence-corrected chi connectivity index (χ1v) is 8.31. The fourth-order valence-corrected chi connectivity index (χ4v) is 3.50. The van der Waals surface area contributed by atoms with E-state index in [0.717, 1.165) is 17.0 Å². The molecular weight excluding hydrogens is 305 g/mol. The Morgan fingerprint density at radius 2 is 1.91 bits per heavy atom. The number of hydrogen-bond acceptors (Lipinski definition) is 6. The Balaban J connectivity index is 2.35. The number of furan rings is 1. The molecule has 0 radical (unpaired) electrons. The number of nitrogens with one attached hydrogen (secondary N) is 1. The van der Waals surface area contributed by atoms with Gasteiger partial charge in [0.25, 0.3) is 0 Å². The maximum absolute atomic E-state index is 12.8. The zero-order valence-corrected chi connectivity index (χ0v) is 13.9. The molecule has 1 aromatic heterocycles. The van der Waals surface area contributed by atoms with E-state index in [9.17, 15) is 4.57 Å². The van der Waals surface area contributed by atoms with E-state index in [4.69, 9.17) is 18.2 Å². The van der Waals surface area contributed by atoms with Gasteiger partial charge >= 0.3 is 7.60 Å². The topological polar surface area (TPSA) is 69.9 Å². The van der Waals surface area contributed by atoms with Gasteiger partial charge in [-0.15, -0.1) is 0 Å². The predicted molar refractivity (Wildman–Crippen MR) is 84.4 cm³/mol. The van der Waals surface area contributed by atoms with Crippen molar-refractivity contribution in [1.82, 2.24) is 0 Å². The van der Waals surface area contributed by atoms with Crippen LogP contribution in [0, 0.1) is 6.92 Å². The summed E-state index contributed by atoms with van der Waals surface area (Å²) < 4.78 is 33.6. The van der Waals surface area contributed by atoms with Crippen LogP contribution in [0.2, 0.25) is 0 Å². The molecule has 2 aromatic rings. The van der Waals surface area contributed by atoms with Crippen LogP contribution in [0.25, 0.3) is 0 Å². The molecule has 1 aromatic carbocycles. The van der Waals surface area contributed by atoms with Crippen LogP contribution in [0.1, 0.15) is 17.1 Å². The lowest BCUT2D eigenvalue weighted by molar-refractivity contribution is 0.264. The predicted octanol–water partition coefficient (Wildman–Crippen LogP) is 4.19. The Kier molecular flexibility index (Phi) is 5.29. The molecule has 0 aliphatic carbocycles. The molecule has 22 heavy (non-hydrogen) atoms. The van der Waals surface area contributed by atoms with E-state index >= 15 is 0 Å². The molecule has 6 nitrogen and oxygen atoms in total. The van der Waals surface area contributed by atoms with Crippen LogP contribution in [-0.2, 0) is 13.6 Å². The third-order valence-corrected chi connectivity index (χ3v) is 5.37. The van der Waals surface area contributed by atoms with E-state index in [0.29, 0.717) is 5.76 Å². The molecule has 1 N–H and O–H groups in total. The van der Waals surface area contributed by atoms with Gasteiger partial charge in [-0.3, -0.25) is 4.57 Å². The van der Waals surface area contributed by atoms with E-state index in [-0.39, 0.29) is 0 Å². The number of methoxy groups -OCH3 is 1. The highest BCUT2D eigenvalue weighted by molar-refractivity contribution is 7.54. The van der Waals surface area contributed by atoms with Crippen LogP contribution in [0.15, 0.2) is 41.0 Å². The van der Waals surface area contributed by atoms with Crippen LogP contribution in [0.3, 0.4) is 0 Å². The standard InChI is InChI=1S/C15H20NO5P/c1-11-10-12(7-8-13(11)18-2)16-15(14-6-5-9-21-14)22(17,19-3)20-4/h5-10,15-16H,1-4H3. The Morgan fingerprint density at radius 3 is 2.41 bits per heavy atom. The molecule has 0 saturated carbocycles. The summed E-state index contributed by atoms with van der Waals surface area (Å²) in [5, 5.41) is 3.15. The largest absolute Gasteiger partial charge is 0.496 e. The van der Waals surface area contributed by atoms with Gasteiger partial charge in [-0.1, -0.05) is 0 Å². The molecule has 0 saturated heterocycles. The normalized spacial score (nSPS) is 12.9. The minimum Gasteiger partial charge on any atom is -0.496 e. The van der Waals surface area contributed by atoms with Crippen molar-refractivity contribution < 1.29 is 22.8 Å². The number of aryl methyl sites for hydroxylation is 1. The Labute approximate surface area is 129 Å². The van der Waals surface area contributed by atoms with Crippen molar-refractivity contribution in [2.24, 2.45) is 0 Å². The molecule has 0 amide bonds. The van der Waals surface area contributed by atoms with Crippen molar-refractivity contribution in [3.63, 3.8) is 0 Å². The van der Waals surface area contributed by atoms with Gasteiger partial charge in [0.05, 0.1) is 13.4 Å². The lowest BCUT2D eigenvalue weighted by atomic mass is 10.2. The lowest BCUT2D eigenvalue weighted by Gasteiger charge is -2.24. The van der Waals surface area contributed by atoms with Gasteiger partial charge in [0.1, 0.15) is 11.5 Å². The van der Waals surface area contributed by atoms with Crippen LogP contribution < -0.4 is 10.1 Å². The zero-order chi connectivity index (χ0) is 16.2. The van der Waals surface area contributed by atoms with Crippen molar-refractivity contribution in [2.75, 3.05) is 26.6 Å².